The number of benzene rings is 2. The first-order chi connectivity index (χ1) is 12.3. The Morgan fingerprint density at radius 2 is 1.73 bits per heavy atom. The van der Waals surface area contributed by atoms with Crippen LogP contribution in [0.3, 0.4) is 0 Å². The zero-order chi connectivity index (χ0) is 18.5. The Balaban J connectivity index is 1.80. The maximum atomic E-state index is 13.0. The van der Waals surface area contributed by atoms with E-state index in [2.05, 4.69) is 5.10 Å². The predicted molar refractivity (Wildman–Crippen MR) is 85.9 cm³/mol. The van der Waals surface area contributed by atoms with Crippen molar-refractivity contribution in [2.75, 3.05) is 0 Å². The number of hydrogen-bond donors (Lipinski definition) is 2. The highest BCUT2D eigenvalue weighted by atomic mass is 19.4. The molecule has 0 bridgehead atoms. The number of phenolic OH excluding ortho intramolecular Hbond substituents is 1. The highest BCUT2D eigenvalue weighted by Gasteiger charge is 2.33. The highest BCUT2D eigenvalue weighted by Crippen LogP contribution is 2.40. The number of nitrogens with zero attached hydrogens (tertiary/aromatic N) is 1. The fraction of sp³-hybridized carbons (Fsp3) is 0.0556. The van der Waals surface area contributed by atoms with Gasteiger partial charge in [-0.3, -0.25) is 5.10 Å². The zero-order valence-corrected chi connectivity index (χ0v) is 12.9. The summed E-state index contributed by atoms with van der Waals surface area (Å²) >= 11 is 0. The SMILES string of the molecule is Oc1c(-c2cc(C(F)(F)F)[nH]n2)ccc2oc(-c3ccc(F)cc3)cc12. The zero-order valence-electron chi connectivity index (χ0n) is 12.9. The lowest BCUT2D eigenvalue weighted by atomic mass is 10.1. The first-order valence-electron chi connectivity index (χ1n) is 7.47. The Bertz CT molecular complexity index is 1090. The molecule has 0 aliphatic rings. The summed E-state index contributed by atoms with van der Waals surface area (Å²) in [5.41, 5.74) is 0.0305. The standard InChI is InChI=1S/C18H10F4N2O2/c19-10-3-1-9(2-4-10)15-7-12-14(26-15)6-5-11(17(12)25)13-8-16(24-23-13)18(20,21)22/h1-8,25H,(H,23,24). The average molecular weight is 362 g/mol. The molecule has 26 heavy (non-hydrogen) atoms. The summed E-state index contributed by atoms with van der Waals surface area (Å²) in [6.45, 7) is 0. The molecule has 0 atom stereocenters. The van der Waals surface area contributed by atoms with Crippen LogP contribution < -0.4 is 0 Å². The molecule has 0 spiro atoms. The third kappa shape index (κ3) is 2.69. The average Bonchev–Trinajstić information content (AvgIpc) is 3.22. The predicted octanol–water partition coefficient (Wildman–Crippen LogP) is 5.35. The molecule has 0 radical (unpaired) electrons. The Morgan fingerprint density at radius 1 is 1.00 bits per heavy atom. The van der Waals surface area contributed by atoms with Crippen molar-refractivity contribution in [2.24, 2.45) is 0 Å². The fourth-order valence-electron chi connectivity index (χ4n) is 2.67. The van der Waals surface area contributed by atoms with E-state index in [1.54, 1.807) is 6.07 Å². The Kier molecular flexibility index (Phi) is 3.50. The van der Waals surface area contributed by atoms with Gasteiger partial charge >= 0.3 is 6.18 Å². The second-order valence-electron chi connectivity index (χ2n) is 5.66. The quantitative estimate of drug-likeness (QED) is 0.472. The summed E-state index contributed by atoms with van der Waals surface area (Å²) < 4.78 is 56.8. The van der Waals surface area contributed by atoms with Crippen molar-refractivity contribution < 1.29 is 27.1 Å². The molecule has 0 aliphatic carbocycles. The Hall–Kier alpha value is -3.29. The lowest BCUT2D eigenvalue weighted by Crippen LogP contribution is -2.04. The van der Waals surface area contributed by atoms with Crippen LogP contribution in [0, 0.1) is 5.82 Å². The molecular formula is C18H10F4N2O2. The molecule has 0 amide bonds. The van der Waals surface area contributed by atoms with Crippen LogP contribution in [-0.2, 0) is 6.18 Å². The first-order valence-corrected chi connectivity index (χ1v) is 7.47. The van der Waals surface area contributed by atoms with E-state index in [1.807, 2.05) is 5.10 Å². The van der Waals surface area contributed by atoms with Gasteiger partial charge in [0, 0.05) is 11.1 Å². The summed E-state index contributed by atoms with van der Waals surface area (Å²) in [4.78, 5) is 0. The lowest BCUT2D eigenvalue weighted by molar-refractivity contribution is -0.141. The van der Waals surface area contributed by atoms with Crippen molar-refractivity contribution in [3.63, 3.8) is 0 Å². The van der Waals surface area contributed by atoms with Gasteiger partial charge < -0.3 is 9.52 Å². The molecule has 4 aromatic rings. The second-order valence-corrected chi connectivity index (χ2v) is 5.66. The molecule has 4 nitrogen and oxygen atoms in total. The number of aromatic amines is 1. The van der Waals surface area contributed by atoms with Crippen LogP contribution in [0.1, 0.15) is 5.69 Å². The van der Waals surface area contributed by atoms with Gasteiger partial charge in [-0.25, -0.2) is 4.39 Å². The number of furan rings is 1. The third-order valence-corrected chi connectivity index (χ3v) is 3.96. The van der Waals surface area contributed by atoms with E-state index < -0.39 is 17.7 Å². The smallest absolute Gasteiger partial charge is 0.432 e. The van der Waals surface area contributed by atoms with Gasteiger partial charge in [0.25, 0.3) is 0 Å². The number of aromatic hydroxyl groups is 1. The highest BCUT2D eigenvalue weighted by molar-refractivity contribution is 5.94. The minimum Gasteiger partial charge on any atom is -0.506 e. The molecule has 0 saturated heterocycles. The van der Waals surface area contributed by atoms with Crippen LogP contribution in [0.2, 0.25) is 0 Å². The van der Waals surface area contributed by atoms with Crippen molar-refractivity contribution >= 4 is 11.0 Å². The Morgan fingerprint density at radius 3 is 2.38 bits per heavy atom. The van der Waals surface area contributed by atoms with E-state index in [0.29, 0.717) is 22.3 Å². The van der Waals surface area contributed by atoms with E-state index in [-0.39, 0.29) is 17.0 Å². The summed E-state index contributed by atoms with van der Waals surface area (Å²) in [6.07, 6.45) is -4.56. The van der Waals surface area contributed by atoms with Gasteiger partial charge in [0.05, 0.1) is 11.1 Å². The minimum absolute atomic E-state index is 0.0405. The molecule has 4 rings (SSSR count). The molecule has 0 saturated carbocycles. The van der Waals surface area contributed by atoms with Crippen LogP contribution in [0.25, 0.3) is 33.6 Å². The van der Waals surface area contributed by atoms with Crippen molar-refractivity contribution in [1.82, 2.24) is 10.2 Å². The van der Waals surface area contributed by atoms with Gasteiger partial charge in [0.2, 0.25) is 0 Å². The van der Waals surface area contributed by atoms with Crippen LogP contribution in [0.5, 0.6) is 5.75 Å². The van der Waals surface area contributed by atoms with Gasteiger partial charge in [-0.05, 0) is 48.5 Å². The number of rotatable bonds is 2. The third-order valence-electron chi connectivity index (χ3n) is 3.96. The largest absolute Gasteiger partial charge is 0.506 e. The van der Waals surface area contributed by atoms with Crippen LogP contribution >= 0.6 is 0 Å². The van der Waals surface area contributed by atoms with Gasteiger partial charge in [0.1, 0.15) is 28.6 Å². The molecule has 2 aromatic heterocycles. The van der Waals surface area contributed by atoms with Crippen LogP contribution in [0.15, 0.2) is 52.9 Å². The van der Waals surface area contributed by atoms with Gasteiger partial charge in [-0.1, -0.05) is 0 Å². The normalized spacial score (nSPS) is 12.0. The summed E-state index contributed by atoms with van der Waals surface area (Å²) in [7, 11) is 0. The van der Waals surface area contributed by atoms with Gasteiger partial charge in [-0.15, -0.1) is 0 Å². The number of halogens is 4. The van der Waals surface area contributed by atoms with Crippen molar-refractivity contribution in [2.45, 2.75) is 6.18 Å². The summed E-state index contributed by atoms with van der Waals surface area (Å²) in [5, 5.41) is 16.3. The van der Waals surface area contributed by atoms with E-state index in [4.69, 9.17) is 4.42 Å². The number of aromatic nitrogens is 2. The molecule has 8 heteroatoms. The number of fused-ring (bicyclic) bond motifs is 1. The van der Waals surface area contributed by atoms with Gasteiger partial charge in [0.15, 0.2) is 0 Å². The molecular weight excluding hydrogens is 352 g/mol. The topological polar surface area (TPSA) is 62.0 Å². The van der Waals surface area contributed by atoms with Crippen molar-refractivity contribution in [1.29, 1.82) is 0 Å². The first kappa shape index (κ1) is 16.2. The maximum absolute atomic E-state index is 13.0. The molecule has 0 aliphatic heterocycles. The molecule has 2 aromatic carbocycles. The molecule has 2 N–H and O–H groups in total. The molecule has 0 unspecified atom stereocenters. The molecule has 2 heterocycles. The lowest BCUT2D eigenvalue weighted by Gasteiger charge is -2.02. The van der Waals surface area contributed by atoms with E-state index in [1.165, 1.54) is 36.4 Å². The number of alkyl halides is 3. The van der Waals surface area contributed by atoms with E-state index in [0.717, 1.165) is 6.07 Å². The van der Waals surface area contributed by atoms with Crippen molar-refractivity contribution in [3.8, 4) is 28.3 Å². The second kappa shape index (κ2) is 5.62. The van der Waals surface area contributed by atoms with Crippen LogP contribution in [-0.4, -0.2) is 15.3 Å². The Labute approximate surface area is 143 Å². The van der Waals surface area contributed by atoms with Crippen molar-refractivity contribution in [3.05, 3.63) is 60.0 Å². The number of hydrogen-bond acceptors (Lipinski definition) is 3. The molecule has 132 valence electrons. The van der Waals surface area contributed by atoms with E-state index in [9.17, 15) is 22.7 Å². The van der Waals surface area contributed by atoms with Gasteiger partial charge in [-0.2, -0.15) is 18.3 Å². The maximum Gasteiger partial charge on any atom is 0.432 e. The number of H-pyrrole nitrogens is 1. The summed E-state index contributed by atoms with van der Waals surface area (Å²) in [6, 6.07) is 10.9. The fourth-order valence-corrected chi connectivity index (χ4v) is 2.67. The van der Waals surface area contributed by atoms with Crippen LogP contribution in [0.4, 0.5) is 17.6 Å². The van der Waals surface area contributed by atoms with E-state index >= 15 is 0 Å². The number of nitrogens with one attached hydrogen (secondary N) is 1. The molecule has 0 fully saturated rings. The monoisotopic (exact) mass is 362 g/mol. The minimum atomic E-state index is -4.56. The summed E-state index contributed by atoms with van der Waals surface area (Å²) in [5.74, 6) is -0.251. The number of phenols is 1.